The maximum Gasteiger partial charge on any atom is 0.238 e. The van der Waals surface area contributed by atoms with Crippen LogP contribution >= 0.6 is 0 Å². The molecule has 0 aliphatic heterocycles. The largest absolute Gasteiger partial charge is 0.326 e. The van der Waals surface area contributed by atoms with Gasteiger partial charge in [-0.3, -0.25) is 9.69 Å². The summed E-state index contributed by atoms with van der Waals surface area (Å²) in [4.78, 5) is 14.5. The Hall–Kier alpha value is -1.39. The first kappa shape index (κ1) is 16.0. The van der Waals surface area contributed by atoms with Crippen molar-refractivity contribution in [2.45, 2.75) is 51.6 Å². The van der Waals surface area contributed by atoms with Gasteiger partial charge in [0, 0.05) is 18.3 Å². The number of amides is 1. The minimum Gasteiger partial charge on any atom is -0.326 e. The zero-order chi connectivity index (χ0) is 15.1. The van der Waals surface area contributed by atoms with Crippen LogP contribution in [-0.4, -0.2) is 29.9 Å². The number of nitrogens with one attached hydrogen (secondary N) is 1. The van der Waals surface area contributed by atoms with Gasteiger partial charge in [0.2, 0.25) is 5.91 Å². The van der Waals surface area contributed by atoms with E-state index < -0.39 is 0 Å². The van der Waals surface area contributed by atoms with E-state index in [0.29, 0.717) is 19.1 Å². The number of carbonyl (C=O) groups is 1. The van der Waals surface area contributed by atoms with Crippen LogP contribution in [0.1, 0.15) is 44.6 Å². The van der Waals surface area contributed by atoms with Crippen LogP contribution in [0.2, 0.25) is 0 Å². The highest BCUT2D eigenvalue weighted by atomic mass is 16.2. The van der Waals surface area contributed by atoms with E-state index in [1.54, 1.807) is 0 Å². The molecule has 116 valence electrons. The molecule has 0 atom stereocenters. The number of rotatable bonds is 6. The highest BCUT2D eigenvalue weighted by Gasteiger charge is 2.21. The zero-order valence-corrected chi connectivity index (χ0v) is 13.0. The molecule has 4 heteroatoms. The molecule has 21 heavy (non-hydrogen) atoms. The zero-order valence-electron chi connectivity index (χ0n) is 13.0. The smallest absolute Gasteiger partial charge is 0.238 e. The van der Waals surface area contributed by atoms with E-state index in [0.717, 1.165) is 17.8 Å². The summed E-state index contributed by atoms with van der Waals surface area (Å²) in [5.74, 6) is 0.0663. The maximum absolute atomic E-state index is 12.2. The number of carbonyl (C=O) groups excluding carboxylic acids is 1. The van der Waals surface area contributed by atoms with E-state index in [1.807, 2.05) is 24.3 Å². The first-order valence-electron chi connectivity index (χ1n) is 8.06. The van der Waals surface area contributed by atoms with Crippen molar-refractivity contribution in [2.24, 2.45) is 5.73 Å². The SMILES string of the molecule is CCN(CC(=O)Nc1cccc(CN)c1)C1CCCCC1. The lowest BCUT2D eigenvalue weighted by atomic mass is 9.94. The molecule has 0 radical (unpaired) electrons. The summed E-state index contributed by atoms with van der Waals surface area (Å²) in [5.41, 5.74) is 7.50. The van der Waals surface area contributed by atoms with Gasteiger partial charge in [-0.2, -0.15) is 0 Å². The van der Waals surface area contributed by atoms with E-state index in [2.05, 4.69) is 17.1 Å². The molecule has 1 aromatic rings. The summed E-state index contributed by atoms with van der Waals surface area (Å²) in [6, 6.07) is 8.32. The number of benzene rings is 1. The lowest BCUT2D eigenvalue weighted by Crippen LogP contribution is -2.41. The molecule has 1 aliphatic carbocycles. The molecule has 1 aliphatic rings. The molecule has 1 amide bonds. The number of nitrogens with zero attached hydrogens (tertiary/aromatic N) is 1. The second-order valence-electron chi connectivity index (χ2n) is 5.81. The number of likely N-dealkylation sites (N-methyl/N-ethyl adjacent to an activating group) is 1. The Bertz CT molecular complexity index is 455. The minimum atomic E-state index is 0.0663. The molecule has 0 heterocycles. The normalized spacial score (nSPS) is 16.1. The van der Waals surface area contributed by atoms with Crippen LogP contribution in [-0.2, 0) is 11.3 Å². The van der Waals surface area contributed by atoms with E-state index in [-0.39, 0.29) is 5.91 Å². The van der Waals surface area contributed by atoms with Crippen molar-refractivity contribution in [3.05, 3.63) is 29.8 Å². The van der Waals surface area contributed by atoms with E-state index in [9.17, 15) is 4.79 Å². The van der Waals surface area contributed by atoms with Gasteiger partial charge in [-0.25, -0.2) is 0 Å². The van der Waals surface area contributed by atoms with E-state index >= 15 is 0 Å². The Balaban J connectivity index is 1.89. The van der Waals surface area contributed by atoms with Crippen LogP contribution in [0, 0.1) is 0 Å². The number of hydrogen-bond donors (Lipinski definition) is 2. The molecule has 0 saturated heterocycles. The van der Waals surface area contributed by atoms with Crippen molar-refractivity contribution >= 4 is 11.6 Å². The quantitative estimate of drug-likeness (QED) is 0.846. The molecule has 1 aromatic carbocycles. The molecule has 1 saturated carbocycles. The minimum absolute atomic E-state index is 0.0663. The topological polar surface area (TPSA) is 58.4 Å². The van der Waals surface area contributed by atoms with Gasteiger partial charge in [-0.05, 0) is 37.1 Å². The molecule has 0 bridgehead atoms. The summed E-state index contributed by atoms with van der Waals surface area (Å²) in [6.45, 7) is 4.04. The van der Waals surface area contributed by atoms with Crippen molar-refractivity contribution in [3.63, 3.8) is 0 Å². The van der Waals surface area contributed by atoms with Crippen molar-refractivity contribution in [1.82, 2.24) is 4.90 Å². The Morgan fingerprint density at radius 3 is 2.76 bits per heavy atom. The summed E-state index contributed by atoms with van der Waals surface area (Å²) >= 11 is 0. The van der Waals surface area contributed by atoms with Gasteiger partial charge in [-0.15, -0.1) is 0 Å². The molecule has 1 fully saturated rings. The monoisotopic (exact) mass is 289 g/mol. The van der Waals surface area contributed by atoms with Crippen LogP contribution in [0.25, 0.3) is 0 Å². The number of hydrogen-bond acceptors (Lipinski definition) is 3. The maximum atomic E-state index is 12.2. The van der Waals surface area contributed by atoms with Crippen LogP contribution in [0.3, 0.4) is 0 Å². The van der Waals surface area contributed by atoms with E-state index in [4.69, 9.17) is 5.73 Å². The third-order valence-electron chi connectivity index (χ3n) is 4.29. The van der Waals surface area contributed by atoms with Crippen LogP contribution in [0.15, 0.2) is 24.3 Å². The fourth-order valence-corrected chi connectivity index (χ4v) is 3.11. The van der Waals surface area contributed by atoms with Gasteiger partial charge in [0.15, 0.2) is 0 Å². The molecule has 0 unspecified atom stereocenters. The van der Waals surface area contributed by atoms with Crippen LogP contribution in [0.5, 0.6) is 0 Å². The van der Waals surface area contributed by atoms with Crippen LogP contribution in [0.4, 0.5) is 5.69 Å². The van der Waals surface area contributed by atoms with Crippen molar-refractivity contribution < 1.29 is 4.79 Å². The Morgan fingerprint density at radius 1 is 1.33 bits per heavy atom. The molecule has 2 rings (SSSR count). The predicted molar refractivity (Wildman–Crippen MR) is 87.1 cm³/mol. The number of anilines is 1. The first-order chi connectivity index (χ1) is 10.2. The molecular weight excluding hydrogens is 262 g/mol. The van der Waals surface area contributed by atoms with Gasteiger partial charge >= 0.3 is 0 Å². The summed E-state index contributed by atoms with van der Waals surface area (Å²) in [7, 11) is 0. The highest BCUT2D eigenvalue weighted by molar-refractivity contribution is 5.92. The Kier molecular flexibility index (Phi) is 6.21. The number of nitrogens with two attached hydrogens (primary N) is 1. The van der Waals surface area contributed by atoms with Gasteiger partial charge in [-0.1, -0.05) is 38.3 Å². The average Bonchev–Trinajstić information content (AvgIpc) is 2.53. The summed E-state index contributed by atoms with van der Waals surface area (Å²) < 4.78 is 0. The van der Waals surface area contributed by atoms with Crippen molar-refractivity contribution in [2.75, 3.05) is 18.4 Å². The summed E-state index contributed by atoms with van der Waals surface area (Å²) in [5, 5.41) is 2.98. The standard InChI is InChI=1S/C17H27N3O/c1-2-20(16-9-4-3-5-10-16)13-17(21)19-15-8-6-7-14(11-15)12-18/h6-8,11,16H,2-5,9-10,12-13,18H2,1H3,(H,19,21). The van der Waals surface area contributed by atoms with Crippen molar-refractivity contribution in [1.29, 1.82) is 0 Å². The average molecular weight is 289 g/mol. The second kappa shape index (κ2) is 8.15. The molecule has 0 aromatic heterocycles. The molecule has 0 spiro atoms. The summed E-state index contributed by atoms with van der Waals surface area (Å²) in [6.07, 6.45) is 6.38. The predicted octanol–water partition coefficient (Wildman–Crippen LogP) is 2.74. The fourth-order valence-electron chi connectivity index (χ4n) is 3.11. The molecular formula is C17H27N3O. The van der Waals surface area contributed by atoms with Gasteiger partial charge < -0.3 is 11.1 Å². The third-order valence-corrected chi connectivity index (χ3v) is 4.29. The fraction of sp³-hybridized carbons (Fsp3) is 0.588. The Morgan fingerprint density at radius 2 is 2.10 bits per heavy atom. The third kappa shape index (κ3) is 4.83. The van der Waals surface area contributed by atoms with Crippen molar-refractivity contribution in [3.8, 4) is 0 Å². The Labute approximate surface area is 127 Å². The lowest BCUT2D eigenvalue weighted by Gasteiger charge is -2.32. The second-order valence-corrected chi connectivity index (χ2v) is 5.81. The van der Waals surface area contributed by atoms with Gasteiger partial charge in [0.1, 0.15) is 0 Å². The van der Waals surface area contributed by atoms with Gasteiger partial charge in [0.05, 0.1) is 6.54 Å². The van der Waals surface area contributed by atoms with Gasteiger partial charge in [0.25, 0.3) is 0 Å². The highest BCUT2D eigenvalue weighted by Crippen LogP contribution is 2.22. The molecule has 3 N–H and O–H groups in total. The lowest BCUT2D eigenvalue weighted by molar-refractivity contribution is -0.118. The molecule has 4 nitrogen and oxygen atoms in total. The van der Waals surface area contributed by atoms with E-state index in [1.165, 1.54) is 32.1 Å². The van der Waals surface area contributed by atoms with Crippen LogP contribution < -0.4 is 11.1 Å². The first-order valence-corrected chi connectivity index (χ1v) is 8.06.